The molecule has 118 valence electrons. The van der Waals surface area contributed by atoms with Crippen LogP contribution in [0, 0.1) is 5.92 Å². The predicted molar refractivity (Wildman–Crippen MR) is 85.9 cm³/mol. The standard InChI is InChI=1S/C14H22ClN3O2S/c1-18-8-5-11(6-9-18)4-7-17-21(19,20)14-3-2-12(16)10-13(14)15/h2-3,10-11,17H,4-9,16H2,1H3. The zero-order chi connectivity index (χ0) is 15.5. The molecule has 1 fully saturated rings. The minimum Gasteiger partial charge on any atom is -0.399 e. The van der Waals surface area contributed by atoms with Crippen molar-refractivity contribution in [2.75, 3.05) is 32.4 Å². The molecule has 0 bridgehead atoms. The maximum atomic E-state index is 12.2. The Hall–Kier alpha value is -0.820. The maximum absolute atomic E-state index is 12.2. The fourth-order valence-corrected chi connectivity index (χ4v) is 4.16. The highest BCUT2D eigenvalue weighted by Crippen LogP contribution is 2.24. The zero-order valence-corrected chi connectivity index (χ0v) is 13.8. The number of rotatable bonds is 5. The van der Waals surface area contributed by atoms with Gasteiger partial charge in [0.15, 0.2) is 0 Å². The lowest BCUT2D eigenvalue weighted by molar-refractivity contribution is 0.213. The van der Waals surface area contributed by atoms with E-state index in [1.54, 1.807) is 0 Å². The summed E-state index contributed by atoms with van der Waals surface area (Å²) in [5.74, 6) is 0.589. The van der Waals surface area contributed by atoms with E-state index in [2.05, 4.69) is 16.7 Å². The lowest BCUT2D eigenvalue weighted by atomic mass is 9.94. The highest BCUT2D eigenvalue weighted by molar-refractivity contribution is 7.89. The Morgan fingerprint density at radius 3 is 2.67 bits per heavy atom. The van der Waals surface area contributed by atoms with Crippen LogP contribution in [0.5, 0.6) is 0 Å². The molecule has 0 atom stereocenters. The van der Waals surface area contributed by atoms with Crippen molar-refractivity contribution in [3.05, 3.63) is 23.2 Å². The fraction of sp³-hybridized carbons (Fsp3) is 0.571. The van der Waals surface area contributed by atoms with Gasteiger partial charge in [0.2, 0.25) is 10.0 Å². The molecule has 1 saturated heterocycles. The molecular weight excluding hydrogens is 310 g/mol. The SMILES string of the molecule is CN1CCC(CCNS(=O)(=O)c2ccc(N)cc2Cl)CC1. The predicted octanol–water partition coefficient (Wildman–Crippen LogP) is 1.93. The van der Waals surface area contributed by atoms with E-state index in [-0.39, 0.29) is 9.92 Å². The van der Waals surface area contributed by atoms with Crippen LogP contribution in [0.4, 0.5) is 5.69 Å². The van der Waals surface area contributed by atoms with Crippen molar-refractivity contribution < 1.29 is 8.42 Å². The number of benzene rings is 1. The van der Waals surface area contributed by atoms with Crippen LogP contribution >= 0.6 is 11.6 Å². The van der Waals surface area contributed by atoms with Crippen molar-refractivity contribution in [3.63, 3.8) is 0 Å². The summed E-state index contributed by atoms with van der Waals surface area (Å²) in [5, 5.41) is 0.154. The summed E-state index contributed by atoms with van der Waals surface area (Å²) < 4.78 is 27.1. The molecule has 3 N–H and O–H groups in total. The first-order valence-electron chi connectivity index (χ1n) is 7.12. The second-order valence-corrected chi connectivity index (χ2v) is 7.77. The Labute approximate surface area is 131 Å². The van der Waals surface area contributed by atoms with Gasteiger partial charge in [0.1, 0.15) is 4.90 Å². The van der Waals surface area contributed by atoms with E-state index < -0.39 is 10.0 Å². The molecule has 2 rings (SSSR count). The number of nitrogens with two attached hydrogens (primary N) is 1. The second-order valence-electron chi connectivity index (χ2n) is 5.62. The number of nitrogen functional groups attached to an aromatic ring is 1. The number of anilines is 1. The Bertz CT molecular complexity index is 584. The van der Waals surface area contributed by atoms with Crippen LogP contribution < -0.4 is 10.5 Å². The Kier molecular flexibility index (Phi) is 5.48. The molecule has 1 aliphatic heterocycles. The molecule has 0 unspecified atom stereocenters. The zero-order valence-electron chi connectivity index (χ0n) is 12.2. The van der Waals surface area contributed by atoms with E-state index in [4.69, 9.17) is 17.3 Å². The van der Waals surface area contributed by atoms with E-state index in [9.17, 15) is 8.42 Å². The van der Waals surface area contributed by atoms with Crippen LogP contribution in [0.3, 0.4) is 0 Å². The largest absolute Gasteiger partial charge is 0.399 e. The van der Waals surface area contributed by atoms with Crippen LogP contribution in [-0.4, -0.2) is 40.0 Å². The van der Waals surface area contributed by atoms with Crippen molar-refractivity contribution >= 4 is 27.3 Å². The van der Waals surface area contributed by atoms with Gasteiger partial charge in [0.05, 0.1) is 5.02 Å². The highest BCUT2D eigenvalue weighted by atomic mass is 35.5. The first kappa shape index (κ1) is 16.5. The minimum atomic E-state index is -3.57. The fourth-order valence-electron chi connectivity index (χ4n) is 2.56. The first-order valence-corrected chi connectivity index (χ1v) is 8.98. The molecule has 0 aliphatic carbocycles. The van der Waals surface area contributed by atoms with Gasteiger partial charge in [-0.15, -0.1) is 0 Å². The summed E-state index contributed by atoms with van der Waals surface area (Å²) >= 11 is 5.95. The van der Waals surface area contributed by atoms with Crippen molar-refractivity contribution in [1.29, 1.82) is 0 Å². The Morgan fingerprint density at radius 2 is 2.05 bits per heavy atom. The number of hydrogen-bond acceptors (Lipinski definition) is 4. The van der Waals surface area contributed by atoms with Crippen LogP contribution in [0.25, 0.3) is 0 Å². The lowest BCUT2D eigenvalue weighted by Gasteiger charge is -2.28. The molecule has 0 radical (unpaired) electrons. The van der Waals surface area contributed by atoms with E-state index in [0.717, 1.165) is 32.4 Å². The lowest BCUT2D eigenvalue weighted by Crippen LogP contribution is -2.32. The van der Waals surface area contributed by atoms with Gasteiger partial charge in [0, 0.05) is 12.2 Å². The van der Waals surface area contributed by atoms with Gasteiger partial charge in [-0.2, -0.15) is 0 Å². The summed E-state index contributed by atoms with van der Waals surface area (Å²) in [6.07, 6.45) is 3.11. The third-order valence-corrected chi connectivity index (χ3v) is 5.87. The van der Waals surface area contributed by atoms with Gasteiger partial charge in [-0.3, -0.25) is 0 Å². The third kappa shape index (κ3) is 4.57. The van der Waals surface area contributed by atoms with Gasteiger partial charge in [-0.1, -0.05) is 11.6 Å². The number of sulfonamides is 1. The smallest absolute Gasteiger partial charge is 0.242 e. The van der Waals surface area contributed by atoms with E-state index in [1.165, 1.54) is 18.2 Å². The number of piperidine rings is 1. The highest BCUT2D eigenvalue weighted by Gasteiger charge is 2.20. The normalized spacial score (nSPS) is 18.0. The molecule has 1 heterocycles. The van der Waals surface area contributed by atoms with Crippen LogP contribution in [-0.2, 0) is 10.0 Å². The Morgan fingerprint density at radius 1 is 1.38 bits per heavy atom. The second kappa shape index (κ2) is 6.96. The van der Waals surface area contributed by atoms with Crippen LogP contribution in [0.1, 0.15) is 19.3 Å². The summed E-state index contributed by atoms with van der Waals surface area (Å²) in [6, 6.07) is 4.43. The monoisotopic (exact) mass is 331 g/mol. The van der Waals surface area contributed by atoms with Crippen molar-refractivity contribution in [3.8, 4) is 0 Å². The van der Waals surface area contributed by atoms with Crippen molar-refractivity contribution in [1.82, 2.24) is 9.62 Å². The number of likely N-dealkylation sites (tertiary alicyclic amines) is 1. The molecule has 5 nitrogen and oxygen atoms in total. The number of nitrogens with one attached hydrogen (secondary N) is 1. The molecule has 21 heavy (non-hydrogen) atoms. The molecular formula is C14H22ClN3O2S. The number of nitrogens with zero attached hydrogens (tertiary/aromatic N) is 1. The molecule has 1 aromatic carbocycles. The van der Waals surface area contributed by atoms with Crippen LogP contribution in [0.2, 0.25) is 5.02 Å². The van der Waals surface area contributed by atoms with Gasteiger partial charge in [0.25, 0.3) is 0 Å². The molecule has 1 aliphatic rings. The Balaban J connectivity index is 1.89. The average Bonchev–Trinajstić information content (AvgIpc) is 2.40. The van der Waals surface area contributed by atoms with Crippen molar-refractivity contribution in [2.45, 2.75) is 24.2 Å². The molecule has 1 aromatic rings. The van der Waals surface area contributed by atoms with Gasteiger partial charge in [-0.05, 0) is 63.5 Å². The molecule has 7 heteroatoms. The number of halogens is 1. The van der Waals surface area contributed by atoms with Gasteiger partial charge < -0.3 is 10.6 Å². The van der Waals surface area contributed by atoms with Crippen molar-refractivity contribution in [2.24, 2.45) is 5.92 Å². The molecule has 0 spiro atoms. The van der Waals surface area contributed by atoms with E-state index in [1.807, 2.05) is 0 Å². The minimum absolute atomic E-state index is 0.0849. The van der Waals surface area contributed by atoms with E-state index >= 15 is 0 Å². The summed E-state index contributed by atoms with van der Waals surface area (Å²) in [4.78, 5) is 2.39. The molecule has 0 aromatic heterocycles. The van der Waals surface area contributed by atoms with Crippen LogP contribution in [0.15, 0.2) is 23.1 Å². The number of hydrogen-bond donors (Lipinski definition) is 2. The molecule has 0 saturated carbocycles. The maximum Gasteiger partial charge on any atom is 0.242 e. The van der Waals surface area contributed by atoms with Gasteiger partial charge >= 0.3 is 0 Å². The van der Waals surface area contributed by atoms with E-state index in [0.29, 0.717) is 18.2 Å². The third-order valence-electron chi connectivity index (χ3n) is 3.93. The first-order chi connectivity index (χ1) is 9.88. The summed E-state index contributed by atoms with van der Waals surface area (Å²) in [6.45, 7) is 2.61. The topological polar surface area (TPSA) is 75.4 Å². The summed E-state index contributed by atoms with van der Waals surface area (Å²) in [7, 11) is -1.45. The summed E-state index contributed by atoms with van der Waals surface area (Å²) in [5.41, 5.74) is 6.03. The molecule has 0 amide bonds. The average molecular weight is 332 g/mol. The van der Waals surface area contributed by atoms with Gasteiger partial charge in [-0.25, -0.2) is 13.1 Å². The quantitative estimate of drug-likeness (QED) is 0.808.